The van der Waals surface area contributed by atoms with Crippen molar-refractivity contribution in [1.29, 1.82) is 0 Å². The van der Waals surface area contributed by atoms with Crippen molar-refractivity contribution >= 4 is 37.4 Å². The van der Waals surface area contributed by atoms with Gasteiger partial charge in [0.2, 0.25) is 0 Å². The van der Waals surface area contributed by atoms with Gasteiger partial charge in [0.05, 0.1) is 0 Å². The van der Waals surface area contributed by atoms with Crippen molar-refractivity contribution in [2.45, 2.75) is 0 Å². The van der Waals surface area contributed by atoms with Gasteiger partial charge in [-0.3, -0.25) is 0 Å². The topological polar surface area (TPSA) is 79.2 Å². The average Bonchev–Trinajstić information content (AvgIpc) is 2.68. The Bertz CT molecular complexity index is 485. The SMILES string of the molecule is O=C1c2ccccc2C(=O)N1OCC(CO)C[N]=[Pb]. The summed E-state index contributed by atoms with van der Waals surface area (Å²) in [6, 6.07) is 6.58. The Morgan fingerprint density at radius 3 is 2.32 bits per heavy atom. The van der Waals surface area contributed by atoms with Gasteiger partial charge >= 0.3 is 126 Å². The molecule has 1 heterocycles. The molecule has 0 spiro atoms. The molecule has 2 radical (unpaired) electrons. The Hall–Kier alpha value is -0.998. The van der Waals surface area contributed by atoms with Crippen LogP contribution in [0.2, 0.25) is 0 Å². The van der Waals surface area contributed by atoms with E-state index in [-0.39, 0.29) is 19.1 Å². The van der Waals surface area contributed by atoms with Crippen molar-refractivity contribution in [3.8, 4) is 0 Å². The number of benzene rings is 1. The molecule has 98 valence electrons. The molecule has 0 saturated carbocycles. The molecule has 1 aliphatic heterocycles. The molecule has 1 unspecified atom stereocenters. The zero-order valence-corrected chi connectivity index (χ0v) is 14.0. The van der Waals surface area contributed by atoms with Crippen LogP contribution in [0.5, 0.6) is 0 Å². The molecule has 1 aliphatic rings. The summed E-state index contributed by atoms with van der Waals surface area (Å²) >= 11 is 0.687. The maximum atomic E-state index is 12.0. The number of nitrogens with zero attached hydrogens (tertiary/aromatic N) is 2. The number of amides is 2. The van der Waals surface area contributed by atoms with Crippen LogP contribution < -0.4 is 0 Å². The summed E-state index contributed by atoms with van der Waals surface area (Å²) in [5.74, 6) is -1.11. The first-order valence-electron chi connectivity index (χ1n) is 5.73. The van der Waals surface area contributed by atoms with E-state index in [1.54, 1.807) is 24.3 Å². The second-order valence-electron chi connectivity index (χ2n) is 4.14. The summed E-state index contributed by atoms with van der Waals surface area (Å²) in [4.78, 5) is 29.2. The predicted molar refractivity (Wildman–Crippen MR) is 66.5 cm³/mol. The molecule has 0 fully saturated rings. The first kappa shape index (κ1) is 14.4. The number of fused-ring (bicyclic) bond motifs is 1. The molecule has 1 atom stereocenters. The van der Waals surface area contributed by atoms with Gasteiger partial charge in [-0.1, -0.05) is 0 Å². The van der Waals surface area contributed by atoms with E-state index in [0.29, 0.717) is 43.3 Å². The summed E-state index contributed by atoms with van der Waals surface area (Å²) in [5, 5.41) is 9.89. The predicted octanol–water partition coefficient (Wildman–Crippen LogP) is 0.175. The second-order valence-corrected chi connectivity index (χ2v) is 5.36. The van der Waals surface area contributed by atoms with Gasteiger partial charge in [-0.15, -0.1) is 0 Å². The fourth-order valence-electron chi connectivity index (χ4n) is 1.76. The number of hydrogen-bond donors (Lipinski definition) is 1. The first-order valence-corrected chi connectivity index (χ1v) is 7.47. The van der Waals surface area contributed by atoms with Gasteiger partial charge in [-0.2, -0.15) is 0 Å². The van der Waals surface area contributed by atoms with Crippen LogP contribution in [0.15, 0.2) is 27.0 Å². The van der Waals surface area contributed by atoms with E-state index < -0.39 is 11.8 Å². The van der Waals surface area contributed by atoms with Crippen molar-refractivity contribution in [2.75, 3.05) is 19.8 Å². The van der Waals surface area contributed by atoms with Crippen molar-refractivity contribution in [3.05, 3.63) is 35.4 Å². The standard InChI is InChI=1S/C12H12N2O4.Pb/c13-5-8(6-15)7-18-14-11(16)9-3-1-2-4-10(9)12(14)17;/h1-4,8,15H,5-7H2;. The minimum absolute atomic E-state index is 0.0884. The van der Waals surface area contributed by atoms with E-state index in [0.717, 1.165) is 5.06 Å². The number of carbonyl (C=O) groups is 2. The number of hydrogen-bond acceptors (Lipinski definition) is 5. The molecular weight excluding hydrogens is 443 g/mol. The van der Waals surface area contributed by atoms with Crippen LogP contribution in [0.1, 0.15) is 20.7 Å². The fraction of sp³-hybridized carbons (Fsp3) is 0.333. The number of aliphatic hydroxyl groups excluding tert-OH is 1. The van der Waals surface area contributed by atoms with E-state index in [4.69, 9.17) is 9.94 Å². The molecule has 1 aromatic carbocycles. The molecular formula is C12H12N2O4Pb. The molecule has 2 amide bonds. The van der Waals surface area contributed by atoms with Crippen molar-refractivity contribution in [1.82, 2.24) is 5.06 Å². The Morgan fingerprint density at radius 1 is 1.26 bits per heavy atom. The molecule has 0 bridgehead atoms. The van der Waals surface area contributed by atoms with Gasteiger partial charge in [0.1, 0.15) is 0 Å². The molecule has 0 aromatic heterocycles. The monoisotopic (exact) mass is 456 g/mol. The molecule has 1 aromatic rings. The van der Waals surface area contributed by atoms with Gasteiger partial charge in [0.15, 0.2) is 0 Å². The zero-order valence-electron chi connectivity index (χ0n) is 10.1. The molecule has 2 rings (SSSR count). The van der Waals surface area contributed by atoms with E-state index in [2.05, 4.69) is 2.74 Å². The average molecular weight is 455 g/mol. The number of hydroxylamine groups is 2. The number of rotatable bonds is 6. The Morgan fingerprint density at radius 2 is 1.84 bits per heavy atom. The molecule has 19 heavy (non-hydrogen) atoms. The van der Waals surface area contributed by atoms with Gasteiger partial charge in [-0.25, -0.2) is 0 Å². The second kappa shape index (κ2) is 6.44. The van der Waals surface area contributed by atoms with Crippen molar-refractivity contribution in [3.63, 3.8) is 0 Å². The van der Waals surface area contributed by atoms with Gasteiger partial charge in [0.25, 0.3) is 0 Å². The van der Waals surface area contributed by atoms with Gasteiger partial charge < -0.3 is 0 Å². The summed E-state index contributed by atoms with van der Waals surface area (Å²) in [7, 11) is 0. The van der Waals surface area contributed by atoms with Crippen LogP contribution >= 0.6 is 0 Å². The summed E-state index contributed by atoms with van der Waals surface area (Å²) in [5.41, 5.74) is 0.696. The molecule has 7 heteroatoms. The molecule has 0 aliphatic carbocycles. The third kappa shape index (κ3) is 2.95. The zero-order chi connectivity index (χ0) is 13.8. The maximum absolute atomic E-state index is 12.0. The molecule has 0 saturated heterocycles. The van der Waals surface area contributed by atoms with Crippen LogP contribution in [0.4, 0.5) is 0 Å². The van der Waals surface area contributed by atoms with Crippen LogP contribution in [0, 0.1) is 5.92 Å². The minimum atomic E-state index is -0.458. The third-order valence-electron chi connectivity index (χ3n) is 2.80. The Kier molecular flexibility index (Phi) is 4.88. The number of imide groups is 1. The third-order valence-corrected chi connectivity index (χ3v) is 3.51. The number of carbonyl (C=O) groups excluding carboxylic acids is 2. The van der Waals surface area contributed by atoms with E-state index in [1.165, 1.54) is 0 Å². The van der Waals surface area contributed by atoms with Crippen LogP contribution in [0.25, 0.3) is 0 Å². The van der Waals surface area contributed by atoms with Crippen molar-refractivity contribution in [2.24, 2.45) is 8.65 Å². The quantitative estimate of drug-likeness (QED) is 0.490. The van der Waals surface area contributed by atoms with Crippen LogP contribution in [0.3, 0.4) is 0 Å². The fourth-order valence-corrected chi connectivity index (χ4v) is 2.76. The van der Waals surface area contributed by atoms with E-state index >= 15 is 0 Å². The van der Waals surface area contributed by atoms with E-state index in [9.17, 15) is 9.59 Å². The van der Waals surface area contributed by atoms with Gasteiger partial charge in [-0.05, 0) is 0 Å². The Balaban J connectivity index is 2.06. The summed E-state index contributed by atoms with van der Waals surface area (Å²) in [6.07, 6.45) is 0. The summed E-state index contributed by atoms with van der Waals surface area (Å²) in [6.45, 7) is 0.481. The van der Waals surface area contributed by atoms with Gasteiger partial charge in [0, 0.05) is 0 Å². The first-order chi connectivity index (χ1) is 9.19. The number of aliphatic hydroxyl groups is 1. The van der Waals surface area contributed by atoms with Crippen LogP contribution in [-0.4, -0.2) is 67.4 Å². The Labute approximate surface area is 125 Å². The van der Waals surface area contributed by atoms with E-state index in [1.807, 2.05) is 0 Å². The van der Waals surface area contributed by atoms with Crippen molar-refractivity contribution < 1.29 is 19.5 Å². The van der Waals surface area contributed by atoms with Crippen LogP contribution in [-0.2, 0) is 4.84 Å². The molecule has 1 N–H and O–H groups in total. The molecule has 6 nitrogen and oxygen atoms in total. The summed E-state index contributed by atoms with van der Waals surface area (Å²) < 4.78 is 4.04. The normalized spacial score (nSPS) is 15.5.